The average molecular weight is 419 g/mol. The van der Waals surface area contributed by atoms with E-state index in [-0.39, 0.29) is 5.78 Å². The minimum absolute atomic E-state index is 0.187. The largest absolute Gasteiger partial charge is 0.497 e. The lowest BCUT2D eigenvalue weighted by atomic mass is 9.95. The van der Waals surface area contributed by atoms with Gasteiger partial charge >= 0.3 is 0 Å². The van der Waals surface area contributed by atoms with Gasteiger partial charge in [0, 0.05) is 27.6 Å². The van der Waals surface area contributed by atoms with Gasteiger partial charge < -0.3 is 13.9 Å². The number of fused-ring (bicyclic) bond motifs is 2. The first-order valence-corrected chi connectivity index (χ1v) is 10.2. The molecule has 3 aromatic carbocycles. The van der Waals surface area contributed by atoms with Gasteiger partial charge in [0.25, 0.3) is 0 Å². The summed E-state index contributed by atoms with van der Waals surface area (Å²) in [5.41, 5.74) is 3.97. The van der Waals surface area contributed by atoms with Crippen molar-refractivity contribution >= 4 is 28.4 Å². The molecule has 1 aliphatic rings. The monoisotopic (exact) mass is 418 g/mol. The molecule has 1 aliphatic heterocycles. The molecule has 0 aliphatic carbocycles. The number of aryl methyl sites for hydroxylation is 1. The van der Waals surface area contributed by atoms with Gasteiger partial charge in [-0.3, -0.25) is 4.79 Å². The molecule has 30 heavy (non-hydrogen) atoms. The van der Waals surface area contributed by atoms with Crippen LogP contribution in [-0.2, 0) is 6.42 Å². The quantitative estimate of drug-likeness (QED) is 0.364. The Bertz CT molecular complexity index is 1240. The van der Waals surface area contributed by atoms with Crippen LogP contribution in [0.5, 0.6) is 11.5 Å². The Labute approximate surface area is 179 Å². The maximum Gasteiger partial charge on any atom is 0.228 e. The molecule has 5 heteroatoms. The van der Waals surface area contributed by atoms with E-state index >= 15 is 0 Å². The highest BCUT2D eigenvalue weighted by Gasteiger charge is 2.25. The van der Waals surface area contributed by atoms with E-state index in [0.717, 1.165) is 46.4 Å². The lowest BCUT2D eigenvalue weighted by Gasteiger charge is -2.16. The molecule has 2 heterocycles. The summed E-state index contributed by atoms with van der Waals surface area (Å²) in [5, 5.41) is 1.48. The Morgan fingerprint density at radius 1 is 1.03 bits per heavy atom. The van der Waals surface area contributed by atoms with E-state index in [9.17, 15) is 4.79 Å². The number of carbonyl (C=O) groups excluding carboxylic acids is 1. The third kappa shape index (κ3) is 3.23. The number of carbonyl (C=O) groups is 1. The van der Waals surface area contributed by atoms with Crippen molar-refractivity contribution in [2.75, 3.05) is 13.7 Å². The number of ketones is 1. The molecule has 0 radical (unpaired) electrons. The van der Waals surface area contributed by atoms with Crippen LogP contribution in [-0.4, -0.2) is 19.5 Å². The van der Waals surface area contributed by atoms with Crippen LogP contribution in [0.2, 0.25) is 5.02 Å². The summed E-state index contributed by atoms with van der Waals surface area (Å²) in [6.07, 6.45) is 1.92. The predicted molar refractivity (Wildman–Crippen MR) is 117 cm³/mol. The molecule has 4 aromatic rings. The topological polar surface area (TPSA) is 48.7 Å². The average Bonchev–Trinajstić information content (AvgIpc) is 3.15. The van der Waals surface area contributed by atoms with Crippen molar-refractivity contribution in [2.24, 2.45) is 0 Å². The van der Waals surface area contributed by atoms with Crippen molar-refractivity contribution < 1.29 is 18.7 Å². The predicted octanol–water partition coefficient (Wildman–Crippen LogP) is 6.32. The van der Waals surface area contributed by atoms with E-state index in [1.807, 2.05) is 30.3 Å². The van der Waals surface area contributed by atoms with E-state index in [1.54, 1.807) is 31.4 Å². The molecule has 4 nitrogen and oxygen atoms in total. The van der Waals surface area contributed by atoms with Gasteiger partial charge in [-0.25, -0.2) is 0 Å². The normalized spacial score (nSPS) is 13.0. The number of halogens is 1. The summed E-state index contributed by atoms with van der Waals surface area (Å²) >= 11 is 5.99. The van der Waals surface area contributed by atoms with E-state index in [0.29, 0.717) is 28.5 Å². The number of ether oxygens (including phenoxy) is 2. The second-order valence-corrected chi connectivity index (χ2v) is 7.72. The fraction of sp³-hybridized carbons (Fsp3) is 0.160. The Morgan fingerprint density at radius 3 is 2.53 bits per heavy atom. The number of furan rings is 1. The molecule has 0 spiro atoms. The minimum Gasteiger partial charge on any atom is -0.497 e. The second-order valence-electron chi connectivity index (χ2n) is 7.28. The van der Waals surface area contributed by atoms with E-state index in [2.05, 4.69) is 6.07 Å². The molecule has 150 valence electrons. The zero-order valence-electron chi connectivity index (χ0n) is 16.4. The maximum absolute atomic E-state index is 13.4. The molecule has 0 unspecified atom stereocenters. The number of hydrogen-bond acceptors (Lipinski definition) is 4. The third-order valence-electron chi connectivity index (χ3n) is 5.41. The Hall–Kier alpha value is -3.24. The summed E-state index contributed by atoms with van der Waals surface area (Å²) < 4.78 is 17.2. The van der Waals surface area contributed by atoms with E-state index < -0.39 is 0 Å². The first-order chi connectivity index (χ1) is 14.6. The van der Waals surface area contributed by atoms with Gasteiger partial charge in [-0.2, -0.15) is 0 Å². The molecule has 5 rings (SSSR count). The highest BCUT2D eigenvalue weighted by Crippen LogP contribution is 2.40. The van der Waals surface area contributed by atoms with Gasteiger partial charge in [-0.1, -0.05) is 23.7 Å². The summed E-state index contributed by atoms with van der Waals surface area (Å²) in [5.74, 6) is 1.70. The molecular formula is C25H19ClO4. The first-order valence-electron chi connectivity index (χ1n) is 9.81. The van der Waals surface area contributed by atoms with Crippen LogP contribution < -0.4 is 9.47 Å². The molecule has 0 amide bonds. The smallest absolute Gasteiger partial charge is 0.228 e. The molecule has 0 bridgehead atoms. The van der Waals surface area contributed by atoms with Crippen LogP contribution in [0.1, 0.15) is 28.1 Å². The van der Waals surface area contributed by atoms with Crippen molar-refractivity contribution in [2.45, 2.75) is 12.8 Å². The summed E-state index contributed by atoms with van der Waals surface area (Å²) in [6, 6.07) is 18.5. The van der Waals surface area contributed by atoms with Gasteiger partial charge in [0.05, 0.1) is 13.7 Å². The van der Waals surface area contributed by atoms with Crippen LogP contribution in [0, 0.1) is 0 Å². The Morgan fingerprint density at radius 2 is 1.80 bits per heavy atom. The van der Waals surface area contributed by atoms with Gasteiger partial charge in [0.2, 0.25) is 5.78 Å². The van der Waals surface area contributed by atoms with Gasteiger partial charge in [-0.15, -0.1) is 0 Å². The second kappa shape index (κ2) is 7.54. The van der Waals surface area contributed by atoms with Crippen LogP contribution in [0.4, 0.5) is 0 Å². The summed E-state index contributed by atoms with van der Waals surface area (Å²) in [7, 11) is 1.63. The molecule has 0 fully saturated rings. The fourth-order valence-corrected chi connectivity index (χ4v) is 4.01. The SMILES string of the molecule is COc1ccc(-c2c(C(=O)c3ccc(Cl)cc3)oc3cc4c(cc23)CCCO4)cc1. The third-order valence-corrected chi connectivity index (χ3v) is 5.66. The number of benzene rings is 3. The first kappa shape index (κ1) is 18.8. The highest BCUT2D eigenvalue weighted by atomic mass is 35.5. The van der Waals surface area contributed by atoms with Crippen LogP contribution in [0.25, 0.3) is 22.1 Å². The van der Waals surface area contributed by atoms with Crippen LogP contribution in [0.3, 0.4) is 0 Å². The number of hydrogen-bond donors (Lipinski definition) is 0. The minimum atomic E-state index is -0.187. The maximum atomic E-state index is 13.4. The van der Waals surface area contributed by atoms with Gasteiger partial charge in [0.15, 0.2) is 5.76 Å². The van der Waals surface area contributed by atoms with Crippen molar-refractivity contribution in [1.29, 1.82) is 0 Å². The molecular weight excluding hydrogens is 400 g/mol. The molecule has 0 saturated heterocycles. The Kier molecular flexibility index (Phi) is 4.72. The van der Waals surface area contributed by atoms with Crippen molar-refractivity contribution in [3.8, 4) is 22.6 Å². The Balaban J connectivity index is 1.73. The van der Waals surface area contributed by atoms with Crippen LogP contribution in [0.15, 0.2) is 65.1 Å². The zero-order valence-corrected chi connectivity index (χ0v) is 17.2. The van der Waals surface area contributed by atoms with E-state index in [1.165, 1.54) is 0 Å². The molecule has 0 saturated carbocycles. The summed E-state index contributed by atoms with van der Waals surface area (Å²) in [6.45, 7) is 0.696. The van der Waals surface area contributed by atoms with Crippen molar-refractivity contribution in [3.05, 3.63) is 82.6 Å². The standard InChI is InChI=1S/C25H19ClO4/c1-28-19-10-6-15(7-11-19)23-20-13-17-3-2-12-29-21(17)14-22(20)30-25(23)24(27)16-4-8-18(26)9-5-16/h4-11,13-14H,2-3,12H2,1H3. The lowest BCUT2D eigenvalue weighted by molar-refractivity contribution is 0.101. The summed E-state index contributed by atoms with van der Waals surface area (Å²) in [4.78, 5) is 13.4. The number of rotatable bonds is 4. The fourth-order valence-electron chi connectivity index (χ4n) is 3.88. The van der Waals surface area contributed by atoms with Crippen LogP contribution >= 0.6 is 11.6 Å². The lowest BCUT2D eigenvalue weighted by Crippen LogP contribution is -2.07. The zero-order chi connectivity index (χ0) is 20.7. The highest BCUT2D eigenvalue weighted by molar-refractivity contribution is 6.30. The van der Waals surface area contributed by atoms with Crippen molar-refractivity contribution in [3.63, 3.8) is 0 Å². The van der Waals surface area contributed by atoms with Crippen molar-refractivity contribution in [1.82, 2.24) is 0 Å². The molecule has 1 aromatic heterocycles. The molecule has 0 atom stereocenters. The van der Waals surface area contributed by atoms with Gasteiger partial charge in [0.1, 0.15) is 17.1 Å². The van der Waals surface area contributed by atoms with Gasteiger partial charge in [-0.05, 0) is 66.4 Å². The van der Waals surface area contributed by atoms with E-state index in [4.69, 9.17) is 25.5 Å². The number of methoxy groups -OCH3 is 1. The molecule has 0 N–H and O–H groups in total.